The molecule has 0 fully saturated rings. The Morgan fingerprint density at radius 2 is 1.56 bits per heavy atom. The summed E-state index contributed by atoms with van der Waals surface area (Å²) in [6.07, 6.45) is 1.46. The topological polar surface area (TPSA) is 109 Å². The van der Waals surface area contributed by atoms with Crippen molar-refractivity contribution in [2.75, 3.05) is 34.2 Å². The molecule has 0 saturated heterocycles. The van der Waals surface area contributed by atoms with E-state index < -0.39 is 0 Å². The van der Waals surface area contributed by atoms with E-state index in [1.165, 1.54) is 32.2 Å². The summed E-state index contributed by atoms with van der Waals surface area (Å²) in [5.74, 6) is 2.59. The Morgan fingerprint density at radius 3 is 2.15 bits per heavy atom. The van der Waals surface area contributed by atoms with E-state index in [9.17, 15) is 4.79 Å². The van der Waals surface area contributed by atoms with Crippen LogP contribution in [0.15, 0.2) is 70.9 Å². The predicted molar refractivity (Wildman–Crippen MR) is 151 cm³/mol. The van der Waals surface area contributed by atoms with E-state index in [1.54, 1.807) is 38.5 Å². The van der Waals surface area contributed by atoms with Gasteiger partial charge in [0.05, 0.1) is 46.0 Å². The van der Waals surface area contributed by atoms with E-state index >= 15 is 0 Å². The SMILES string of the molecule is COc1ccc(-c2nnc(SCC(=O)N/N=C\c3c(OC)cc(OC)cc3OC)n2-c2ccc(Cl)cc2)cc1. The molecule has 10 nitrogen and oxygen atoms in total. The Kier molecular flexibility index (Phi) is 9.29. The van der Waals surface area contributed by atoms with Gasteiger partial charge in [0, 0.05) is 28.4 Å². The number of aromatic nitrogens is 3. The van der Waals surface area contributed by atoms with Crippen molar-refractivity contribution in [1.82, 2.24) is 20.2 Å². The van der Waals surface area contributed by atoms with Crippen LogP contribution in [-0.4, -0.2) is 61.1 Å². The quantitative estimate of drug-likeness (QED) is 0.155. The van der Waals surface area contributed by atoms with Gasteiger partial charge in [-0.2, -0.15) is 5.10 Å². The van der Waals surface area contributed by atoms with Crippen molar-refractivity contribution < 1.29 is 23.7 Å². The van der Waals surface area contributed by atoms with Crippen molar-refractivity contribution in [3.63, 3.8) is 0 Å². The summed E-state index contributed by atoms with van der Waals surface area (Å²) in [4.78, 5) is 12.6. The number of hydrogen-bond donors (Lipinski definition) is 1. The number of nitrogens with zero attached hydrogens (tertiary/aromatic N) is 4. The molecule has 1 N–H and O–H groups in total. The molecule has 0 unspecified atom stereocenters. The molecule has 1 heterocycles. The van der Waals surface area contributed by atoms with E-state index in [2.05, 4.69) is 20.7 Å². The molecule has 0 aliphatic carbocycles. The number of ether oxygens (including phenoxy) is 4. The average molecular weight is 568 g/mol. The number of rotatable bonds is 11. The summed E-state index contributed by atoms with van der Waals surface area (Å²) in [5.41, 5.74) is 4.72. The Hall–Kier alpha value is -4.22. The third kappa shape index (κ3) is 6.62. The maximum atomic E-state index is 12.6. The normalized spacial score (nSPS) is 10.9. The van der Waals surface area contributed by atoms with E-state index in [1.807, 2.05) is 41.0 Å². The van der Waals surface area contributed by atoms with Crippen LogP contribution in [0.25, 0.3) is 17.1 Å². The molecular formula is C27H26ClN5O5S. The average Bonchev–Trinajstić information content (AvgIpc) is 3.40. The molecule has 0 bridgehead atoms. The summed E-state index contributed by atoms with van der Waals surface area (Å²) in [5, 5.41) is 13.9. The smallest absolute Gasteiger partial charge is 0.250 e. The highest BCUT2D eigenvalue weighted by atomic mass is 35.5. The first kappa shape index (κ1) is 27.8. The molecule has 0 aliphatic heterocycles. The summed E-state index contributed by atoms with van der Waals surface area (Å²) in [7, 11) is 6.21. The number of methoxy groups -OCH3 is 4. The number of carbonyl (C=O) groups is 1. The molecule has 1 aromatic heterocycles. The van der Waals surface area contributed by atoms with Crippen LogP contribution in [0.2, 0.25) is 5.02 Å². The van der Waals surface area contributed by atoms with E-state index in [0.717, 1.165) is 17.0 Å². The molecule has 0 spiro atoms. The predicted octanol–water partition coefficient (Wildman–Crippen LogP) is 4.86. The van der Waals surface area contributed by atoms with Gasteiger partial charge in [0.25, 0.3) is 5.91 Å². The molecule has 0 radical (unpaired) electrons. The number of hydrazone groups is 1. The number of carbonyl (C=O) groups excluding carboxylic acids is 1. The fourth-order valence-corrected chi connectivity index (χ4v) is 4.47. The van der Waals surface area contributed by atoms with Crippen molar-refractivity contribution >= 4 is 35.5 Å². The Morgan fingerprint density at radius 1 is 0.923 bits per heavy atom. The van der Waals surface area contributed by atoms with Gasteiger partial charge in [0.15, 0.2) is 11.0 Å². The van der Waals surface area contributed by atoms with Gasteiger partial charge >= 0.3 is 0 Å². The Bertz CT molecular complexity index is 1430. The minimum Gasteiger partial charge on any atom is -0.497 e. The first-order valence-corrected chi connectivity index (χ1v) is 12.9. The van der Waals surface area contributed by atoms with Crippen LogP contribution in [0.4, 0.5) is 0 Å². The molecular weight excluding hydrogens is 542 g/mol. The largest absolute Gasteiger partial charge is 0.497 e. The molecule has 4 aromatic rings. The second-order valence-electron chi connectivity index (χ2n) is 7.87. The highest BCUT2D eigenvalue weighted by Gasteiger charge is 2.18. The lowest BCUT2D eigenvalue weighted by atomic mass is 10.2. The lowest BCUT2D eigenvalue weighted by Gasteiger charge is -2.12. The zero-order valence-electron chi connectivity index (χ0n) is 21.7. The molecule has 202 valence electrons. The first-order chi connectivity index (χ1) is 19.0. The molecule has 39 heavy (non-hydrogen) atoms. The fourth-order valence-electron chi connectivity index (χ4n) is 3.60. The number of benzene rings is 3. The third-order valence-corrected chi connectivity index (χ3v) is 6.72. The van der Waals surface area contributed by atoms with E-state index in [-0.39, 0.29) is 11.7 Å². The van der Waals surface area contributed by atoms with Gasteiger partial charge in [-0.05, 0) is 48.5 Å². The standard InChI is InChI=1S/C27H26ClN5O5S/c1-35-20-11-5-17(6-12-20)26-31-32-27(33(26)19-9-7-18(28)8-10-19)39-16-25(34)30-29-15-22-23(37-3)13-21(36-2)14-24(22)38-4/h5-15H,16H2,1-4H3,(H,30,34)/b29-15-. The van der Waals surface area contributed by atoms with Crippen molar-refractivity contribution in [2.24, 2.45) is 5.10 Å². The van der Waals surface area contributed by atoms with Gasteiger partial charge in [0.2, 0.25) is 0 Å². The monoisotopic (exact) mass is 567 g/mol. The minimum absolute atomic E-state index is 0.0442. The maximum absolute atomic E-state index is 12.6. The molecule has 1 amide bonds. The van der Waals surface area contributed by atoms with Crippen LogP contribution < -0.4 is 24.4 Å². The zero-order chi connectivity index (χ0) is 27.8. The van der Waals surface area contributed by atoms with Crippen molar-refractivity contribution in [3.8, 4) is 40.1 Å². The molecule has 0 aliphatic rings. The number of amides is 1. The van der Waals surface area contributed by atoms with Crippen LogP contribution in [0, 0.1) is 0 Å². The van der Waals surface area contributed by atoms with Crippen LogP contribution in [0.5, 0.6) is 23.0 Å². The number of hydrogen-bond acceptors (Lipinski definition) is 9. The molecule has 12 heteroatoms. The van der Waals surface area contributed by atoms with Gasteiger partial charge in [0.1, 0.15) is 23.0 Å². The number of thioether (sulfide) groups is 1. The molecule has 4 rings (SSSR count). The summed E-state index contributed by atoms with van der Waals surface area (Å²) in [6.45, 7) is 0. The zero-order valence-corrected chi connectivity index (χ0v) is 23.2. The third-order valence-electron chi connectivity index (χ3n) is 5.53. The molecule has 0 saturated carbocycles. The van der Waals surface area contributed by atoms with Crippen LogP contribution >= 0.6 is 23.4 Å². The van der Waals surface area contributed by atoms with Gasteiger partial charge < -0.3 is 18.9 Å². The Labute approximate surface area is 234 Å². The minimum atomic E-state index is -0.334. The van der Waals surface area contributed by atoms with Crippen molar-refractivity contribution in [1.29, 1.82) is 0 Å². The van der Waals surface area contributed by atoms with Gasteiger partial charge in [-0.1, -0.05) is 23.4 Å². The summed E-state index contributed by atoms with van der Waals surface area (Å²) < 4.78 is 23.2. The van der Waals surface area contributed by atoms with Crippen molar-refractivity contribution in [2.45, 2.75) is 5.16 Å². The maximum Gasteiger partial charge on any atom is 0.250 e. The first-order valence-electron chi connectivity index (χ1n) is 11.6. The Balaban J connectivity index is 1.52. The molecule has 0 atom stereocenters. The second-order valence-corrected chi connectivity index (χ2v) is 9.25. The van der Waals surface area contributed by atoms with Crippen LogP contribution in [0.1, 0.15) is 5.56 Å². The van der Waals surface area contributed by atoms with Gasteiger partial charge in [-0.15, -0.1) is 10.2 Å². The summed E-state index contributed by atoms with van der Waals surface area (Å²) in [6, 6.07) is 18.2. The van der Waals surface area contributed by atoms with Gasteiger partial charge in [-0.25, -0.2) is 5.43 Å². The fraction of sp³-hybridized carbons (Fsp3) is 0.185. The highest BCUT2D eigenvalue weighted by Crippen LogP contribution is 2.33. The van der Waals surface area contributed by atoms with E-state index in [0.29, 0.717) is 38.8 Å². The number of nitrogens with one attached hydrogen (secondary N) is 1. The number of halogens is 1. The van der Waals surface area contributed by atoms with Crippen LogP contribution in [-0.2, 0) is 4.79 Å². The lowest BCUT2D eigenvalue weighted by molar-refractivity contribution is -0.118. The molecule has 3 aromatic carbocycles. The van der Waals surface area contributed by atoms with Gasteiger partial charge in [-0.3, -0.25) is 9.36 Å². The van der Waals surface area contributed by atoms with E-state index in [4.69, 9.17) is 30.5 Å². The summed E-state index contributed by atoms with van der Waals surface area (Å²) >= 11 is 7.33. The van der Waals surface area contributed by atoms with Crippen molar-refractivity contribution in [3.05, 3.63) is 71.2 Å². The van der Waals surface area contributed by atoms with Crippen LogP contribution in [0.3, 0.4) is 0 Å². The second kappa shape index (κ2) is 13.0. The highest BCUT2D eigenvalue weighted by molar-refractivity contribution is 7.99. The lowest BCUT2D eigenvalue weighted by Crippen LogP contribution is -2.20.